The summed E-state index contributed by atoms with van der Waals surface area (Å²) in [6.07, 6.45) is 0. The molecule has 0 aliphatic rings. The summed E-state index contributed by atoms with van der Waals surface area (Å²) in [5.41, 5.74) is 3.61. The van der Waals surface area contributed by atoms with Gasteiger partial charge in [0, 0.05) is 11.8 Å². The second kappa shape index (κ2) is 3.56. The van der Waals surface area contributed by atoms with E-state index >= 15 is 0 Å². The minimum absolute atomic E-state index is 0.130. The van der Waals surface area contributed by atoms with Gasteiger partial charge in [0.25, 0.3) is 5.69 Å². The van der Waals surface area contributed by atoms with Crippen LogP contribution in [-0.4, -0.2) is 9.91 Å². The Morgan fingerprint density at radius 3 is 2.50 bits per heavy atom. The molecule has 0 atom stereocenters. The maximum Gasteiger partial charge on any atom is 0.279 e. The Morgan fingerprint density at radius 2 is 1.88 bits per heavy atom. The molecule has 0 unspecified atom stereocenters. The molecule has 0 saturated carbocycles. The number of nitrogens with zero attached hydrogens (tertiary/aromatic N) is 2. The smallest absolute Gasteiger partial charge is 0.258 e. The molecule has 0 aliphatic heterocycles. The number of aryl methyl sites for hydroxylation is 3. The van der Waals surface area contributed by atoms with Gasteiger partial charge < -0.3 is 0 Å². The summed E-state index contributed by atoms with van der Waals surface area (Å²) >= 11 is 0. The molecule has 0 bridgehead atoms. The van der Waals surface area contributed by atoms with Crippen molar-refractivity contribution in [2.45, 2.75) is 20.8 Å². The standard InChI is InChI=1S/C12H12N2O2/c1-7-4-5-10(14(15)16)11-8(2)6-9(3)13-12(7)11/h4-6H,1-3H3. The number of non-ortho nitro benzene ring substituents is 1. The predicted octanol–water partition coefficient (Wildman–Crippen LogP) is 3.07. The quantitative estimate of drug-likeness (QED) is 0.543. The van der Waals surface area contributed by atoms with Crippen LogP contribution in [0.15, 0.2) is 18.2 Å². The number of pyridine rings is 1. The first-order valence-corrected chi connectivity index (χ1v) is 5.02. The molecule has 1 aromatic heterocycles. The van der Waals surface area contributed by atoms with E-state index in [2.05, 4.69) is 4.98 Å². The molecule has 0 amide bonds. The third-order valence-electron chi connectivity index (χ3n) is 2.66. The lowest BCUT2D eigenvalue weighted by molar-refractivity contribution is -0.383. The first-order valence-electron chi connectivity index (χ1n) is 5.02. The summed E-state index contributed by atoms with van der Waals surface area (Å²) in [5.74, 6) is 0. The first kappa shape index (κ1) is 10.5. The molecule has 4 nitrogen and oxygen atoms in total. The maximum atomic E-state index is 10.9. The SMILES string of the molecule is Cc1cc(C)c2c([N+](=O)[O-])ccc(C)c2n1. The Labute approximate surface area is 93.1 Å². The molecule has 0 saturated heterocycles. The van der Waals surface area contributed by atoms with Crippen molar-refractivity contribution in [2.24, 2.45) is 0 Å². The number of rotatable bonds is 1. The Bertz CT molecular complexity index is 591. The van der Waals surface area contributed by atoms with E-state index in [-0.39, 0.29) is 10.6 Å². The van der Waals surface area contributed by atoms with Gasteiger partial charge in [0.1, 0.15) is 0 Å². The zero-order valence-electron chi connectivity index (χ0n) is 9.44. The number of nitro groups is 1. The fraction of sp³-hybridized carbons (Fsp3) is 0.250. The largest absolute Gasteiger partial charge is 0.279 e. The third-order valence-corrected chi connectivity index (χ3v) is 2.66. The second-order valence-electron chi connectivity index (χ2n) is 3.96. The minimum Gasteiger partial charge on any atom is -0.258 e. The van der Waals surface area contributed by atoms with Gasteiger partial charge in [-0.15, -0.1) is 0 Å². The van der Waals surface area contributed by atoms with Crippen molar-refractivity contribution < 1.29 is 4.92 Å². The average Bonchev–Trinajstić information content (AvgIpc) is 2.19. The van der Waals surface area contributed by atoms with Crippen LogP contribution in [-0.2, 0) is 0 Å². The highest BCUT2D eigenvalue weighted by molar-refractivity contribution is 5.93. The van der Waals surface area contributed by atoms with Crippen molar-refractivity contribution in [3.05, 3.63) is 45.1 Å². The summed E-state index contributed by atoms with van der Waals surface area (Å²) in [4.78, 5) is 15.0. The molecule has 1 heterocycles. The van der Waals surface area contributed by atoms with E-state index in [1.807, 2.05) is 26.8 Å². The molecule has 0 aliphatic carbocycles. The summed E-state index contributed by atoms with van der Waals surface area (Å²) in [5, 5.41) is 11.6. The molecule has 0 radical (unpaired) electrons. The molecule has 4 heteroatoms. The summed E-state index contributed by atoms with van der Waals surface area (Å²) < 4.78 is 0. The number of aromatic nitrogens is 1. The van der Waals surface area contributed by atoms with Crippen molar-refractivity contribution in [3.8, 4) is 0 Å². The predicted molar refractivity (Wildman–Crippen MR) is 62.6 cm³/mol. The molecular formula is C12H12N2O2. The molecule has 0 fully saturated rings. The van der Waals surface area contributed by atoms with Gasteiger partial charge in [0.15, 0.2) is 0 Å². The highest BCUT2D eigenvalue weighted by atomic mass is 16.6. The van der Waals surface area contributed by atoms with Crippen LogP contribution < -0.4 is 0 Å². The van der Waals surface area contributed by atoms with Gasteiger partial charge >= 0.3 is 0 Å². The van der Waals surface area contributed by atoms with Gasteiger partial charge in [0.2, 0.25) is 0 Å². The second-order valence-corrected chi connectivity index (χ2v) is 3.96. The monoisotopic (exact) mass is 216 g/mol. The van der Waals surface area contributed by atoms with Crippen molar-refractivity contribution >= 4 is 16.6 Å². The Hall–Kier alpha value is -1.97. The number of fused-ring (bicyclic) bond motifs is 1. The lowest BCUT2D eigenvalue weighted by atomic mass is 10.0. The number of benzene rings is 1. The molecule has 2 aromatic rings. The molecule has 0 N–H and O–H groups in total. The maximum absolute atomic E-state index is 10.9. The van der Waals surface area contributed by atoms with E-state index in [1.54, 1.807) is 12.1 Å². The molecule has 0 spiro atoms. The van der Waals surface area contributed by atoms with Gasteiger partial charge in [-0.3, -0.25) is 15.1 Å². The zero-order chi connectivity index (χ0) is 11.9. The highest BCUT2D eigenvalue weighted by Crippen LogP contribution is 2.29. The summed E-state index contributed by atoms with van der Waals surface area (Å²) in [6.45, 7) is 5.69. The van der Waals surface area contributed by atoms with Crippen LogP contribution in [0.4, 0.5) is 5.69 Å². The van der Waals surface area contributed by atoms with Crippen LogP contribution in [0.5, 0.6) is 0 Å². The first-order chi connectivity index (χ1) is 7.50. The highest BCUT2D eigenvalue weighted by Gasteiger charge is 2.16. The number of hydrogen-bond acceptors (Lipinski definition) is 3. The van der Waals surface area contributed by atoms with Crippen LogP contribution in [0, 0.1) is 30.9 Å². The molecule has 82 valence electrons. The van der Waals surface area contributed by atoms with E-state index in [1.165, 1.54) is 0 Å². The van der Waals surface area contributed by atoms with Crippen molar-refractivity contribution in [1.29, 1.82) is 0 Å². The molecule has 2 rings (SSSR count). The Morgan fingerprint density at radius 1 is 1.19 bits per heavy atom. The van der Waals surface area contributed by atoms with Crippen molar-refractivity contribution in [2.75, 3.05) is 0 Å². The third kappa shape index (κ3) is 1.52. The van der Waals surface area contributed by atoms with Crippen molar-refractivity contribution in [1.82, 2.24) is 4.98 Å². The van der Waals surface area contributed by atoms with E-state index < -0.39 is 0 Å². The Kier molecular flexibility index (Phi) is 2.34. The van der Waals surface area contributed by atoms with E-state index in [0.717, 1.165) is 22.3 Å². The van der Waals surface area contributed by atoms with Gasteiger partial charge in [-0.2, -0.15) is 0 Å². The average molecular weight is 216 g/mol. The fourth-order valence-corrected chi connectivity index (χ4v) is 1.96. The van der Waals surface area contributed by atoms with E-state index in [0.29, 0.717) is 5.39 Å². The van der Waals surface area contributed by atoms with E-state index in [4.69, 9.17) is 0 Å². The van der Waals surface area contributed by atoms with Gasteiger partial charge in [-0.1, -0.05) is 6.07 Å². The Balaban J connectivity index is 2.98. The van der Waals surface area contributed by atoms with E-state index in [9.17, 15) is 10.1 Å². The molecular weight excluding hydrogens is 204 g/mol. The molecule has 1 aromatic carbocycles. The lowest BCUT2D eigenvalue weighted by Gasteiger charge is -2.06. The van der Waals surface area contributed by atoms with Crippen LogP contribution >= 0.6 is 0 Å². The van der Waals surface area contributed by atoms with Gasteiger partial charge in [-0.25, -0.2) is 0 Å². The van der Waals surface area contributed by atoms with Crippen molar-refractivity contribution in [3.63, 3.8) is 0 Å². The van der Waals surface area contributed by atoms with Crippen LogP contribution in [0.2, 0.25) is 0 Å². The van der Waals surface area contributed by atoms with Crippen LogP contribution in [0.25, 0.3) is 10.9 Å². The summed E-state index contributed by atoms with van der Waals surface area (Å²) in [7, 11) is 0. The summed E-state index contributed by atoms with van der Waals surface area (Å²) in [6, 6.07) is 5.16. The van der Waals surface area contributed by atoms with Crippen LogP contribution in [0.3, 0.4) is 0 Å². The minimum atomic E-state index is -0.355. The normalized spacial score (nSPS) is 10.7. The lowest BCUT2D eigenvalue weighted by Crippen LogP contribution is -1.96. The van der Waals surface area contributed by atoms with Gasteiger partial charge in [-0.05, 0) is 38.0 Å². The van der Waals surface area contributed by atoms with Crippen LogP contribution in [0.1, 0.15) is 16.8 Å². The van der Waals surface area contributed by atoms with Gasteiger partial charge in [0.05, 0.1) is 15.8 Å². The topological polar surface area (TPSA) is 56.0 Å². The molecule has 16 heavy (non-hydrogen) atoms. The number of hydrogen-bond donors (Lipinski definition) is 0. The number of nitro benzene ring substituents is 1. The zero-order valence-corrected chi connectivity index (χ0v) is 9.44. The fourth-order valence-electron chi connectivity index (χ4n) is 1.96.